The van der Waals surface area contributed by atoms with Gasteiger partial charge in [-0.15, -0.1) is 0 Å². The van der Waals surface area contributed by atoms with Crippen LogP contribution in [-0.2, 0) is 9.53 Å². The minimum Gasteiger partial charge on any atom is -0.496 e. The Kier molecular flexibility index (Phi) is 4.65. The second-order valence-electron chi connectivity index (χ2n) is 4.53. The lowest BCUT2D eigenvalue weighted by atomic mass is 10.1. The molecular weight excluding hydrogens is 326 g/mol. The van der Waals surface area contributed by atoms with E-state index in [1.54, 1.807) is 30.2 Å². The maximum atomic E-state index is 12.5. The van der Waals surface area contributed by atoms with Crippen LogP contribution in [0, 0.1) is 0 Å². The zero-order valence-corrected chi connectivity index (χ0v) is 13.0. The van der Waals surface area contributed by atoms with Gasteiger partial charge in [-0.1, -0.05) is 0 Å². The number of benzene rings is 1. The van der Waals surface area contributed by atoms with E-state index < -0.39 is 6.04 Å². The van der Waals surface area contributed by atoms with E-state index in [9.17, 15) is 9.59 Å². The number of methoxy groups -OCH3 is 2. The molecule has 108 valence electrons. The number of rotatable bonds is 3. The molecule has 1 aromatic carbocycles. The number of hydrogen-bond acceptors (Lipinski definition) is 4. The normalized spacial score (nSPS) is 17.9. The predicted octanol–water partition coefficient (Wildman–Crippen LogP) is 2.24. The highest BCUT2D eigenvalue weighted by atomic mass is 79.9. The molecule has 1 saturated heterocycles. The van der Waals surface area contributed by atoms with Gasteiger partial charge in [0.25, 0.3) is 5.91 Å². The summed E-state index contributed by atoms with van der Waals surface area (Å²) in [5, 5.41) is 0. The van der Waals surface area contributed by atoms with Gasteiger partial charge in [-0.05, 0) is 47.0 Å². The predicted molar refractivity (Wildman–Crippen MR) is 76.8 cm³/mol. The van der Waals surface area contributed by atoms with E-state index in [-0.39, 0.29) is 11.9 Å². The van der Waals surface area contributed by atoms with Crippen molar-refractivity contribution in [3.05, 3.63) is 28.2 Å². The van der Waals surface area contributed by atoms with Gasteiger partial charge in [0.05, 0.1) is 18.7 Å². The summed E-state index contributed by atoms with van der Waals surface area (Å²) in [6.45, 7) is 0.572. The van der Waals surface area contributed by atoms with Crippen molar-refractivity contribution < 1.29 is 19.1 Å². The Bertz CT molecular complexity index is 532. The third kappa shape index (κ3) is 2.80. The number of hydrogen-bond donors (Lipinski definition) is 0. The maximum absolute atomic E-state index is 12.5. The molecule has 1 aliphatic heterocycles. The van der Waals surface area contributed by atoms with Crippen LogP contribution in [-0.4, -0.2) is 43.6 Å². The lowest BCUT2D eigenvalue weighted by Gasteiger charge is -2.22. The first-order valence-electron chi connectivity index (χ1n) is 6.30. The molecule has 1 aliphatic rings. The van der Waals surface area contributed by atoms with Crippen LogP contribution in [0.2, 0.25) is 0 Å². The molecule has 0 radical (unpaired) electrons. The molecule has 1 heterocycles. The molecule has 1 amide bonds. The Hall–Kier alpha value is -1.56. The Morgan fingerprint density at radius 3 is 2.70 bits per heavy atom. The number of carbonyl (C=O) groups is 2. The molecule has 1 fully saturated rings. The largest absolute Gasteiger partial charge is 0.496 e. The lowest BCUT2D eigenvalue weighted by molar-refractivity contribution is -0.145. The quantitative estimate of drug-likeness (QED) is 0.791. The summed E-state index contributed by atoms with van der Waals surface area (Å²) in [5.74, 6) is 0.136. The smallest absolute Gasteiger partial charge is 0.328 e. The summed E-state index contributed by atoms with van der Waals surface area (Å²) >= 11 is 3.35. The Balaban J connectivity index is 2.22. The molecule has 1 unspecified atom stereocenters. The van der Waals surface area contributed by atoms with E-state index in [2.05, 4.69) is 15.9 Å². The van der Waals surface area contributed by atoms with Crippen LogP contribution >= 0.6 is 15.9 Å². The first-order valence-corrected chi connectivity index (χ1v) is 7.10. The third-order valence-corrected chi connectivity index (χ3v) is 4.01. The summed E-state index contributed by atoms with van der Waals surface area (Å²) < 4.78 is 10.6. The van der Waals surface area contributed by atoms with Crippen molar-refractivity contribution in [2.75, 3.05) is 20.8 Å². The minimum atomic E-state index is -0.478. The first-order chi connectivity index (χ1) is 9.58. The minimum absolute atomic E-state index is 0.166. The van der Waals surface area contributed by atoms with Gasteiger partial charge in [0.2, 0.25) is 0 Å². The monoisotopic (exact) mass is 341 g/mol. The summed E-state index contributed by atoms with van der Waals surface area (Å²) in [6, 6.07) is 4.64. The van der Waals surface area contributed by atoms with Crippen LogP contribution in [0.4, 0.5) is 0 Å². The molecule has 0 saturated carbocycles. The number of carbonyl (C=O) groups excluding carboxylic acids is 2. The van der Waals surface area contributed by atoms with Gasteiger partial charge in [0, 0.05) is 12.1 Å². The zero-order valence-electron chi connectivity index (χ0n) is 11.4. The number of esters is 1. The summed E-state index contributed by atoms with van der Waals surface area (Å²) in [6.07, 6.45) is 1.46. The number of nitrogens with zero attached hydrogens (tertiary/aromatic N) is 1. The fraction of sp³-hybridized carbons (Fsp3) is 0.429. The topological polar surface area (TPSA) is 55.8 Å². The van der Waals surface area contributed by atoms with Gasteiger partial charge in [0.15, 0.2) is 0 Å². The van der Waals surface area contributed by atoms with Gasteiger partial charge in [-0.3, -0.25) is 4.79 Å². The van der Waals surface area contributed by atoms with Crippen LogP contribution in [0.3, 0.4) is 0 Å². The lowest BCUT2D eigenvalue weighted by Crippen LogP contribution is -2.41. The molecule has 0 spiro atoms. The number of likely N-dealkylation sites (tertiary alicyclic amines) is 1. The molecule has 20 heavy (non-hydrogen) atoms. The van der Waals surface area contributed by atoms with Gasteiger partial charge < -0.3 is 14.4 Å². The van der Waals surface area contributed by atoms with Crippen molar-refractivity contribution in [2.24, 2.45) is 0 Å². The molecule has 6 heteroatoms. The Morgan fingerprint density at radius 2 is 2.10 bits per heavy atom. The van der Waals surface area contributed by atoms with Crippen LogP contribution in [0.5, 0.6) is 5.75 Å². The number of halogens is 1. The average Bonchev–Trinajstić information content (AvgIpc) is 2.94. The summed E-state index contributed by atoms with van der Waals surface area (Å²) in [7, 11) is 2.91. The van der Waals surface area contributed by atoms with E-state index >= 15 is 0 Å². The van der Waals surface area contributed by atoms with Crippen molar-refractivity contribution in [3.63, 3.8) is 0 Å². The summed E-state index contributed by atoms with van der Waals surface area (Å²) in [4.78, 5) is 25.7. The highest BCUT2D eigenvalue weighted by Gasteiger charge is 2.35. The third-order valence-electron chi connectivity index (χ3n) is 3.39. The number of ether oxygens (including phenoxy) is 2. The molecule has 0 N–H and O–H groups in total. The second kappa shape index (κ2) is 6.26. The highest BCUT2D eigenvalue weighted by Crippen LogP contribution is 2.28. The van der Waals surface area contributed by atoms with E-state index in [0.717, 1.165) is 6.42 Å². The molecule has 1 aromatic rings. The van der Waals surface area contributed by atoms with Crippen molar-refractivity contribution in [1.29, 1.82) is 0 Å². The van der Waals surface area contributed by atoms with Crippen molar-refractivity contribution >= 4 is 27.8 Å². The van der Waals surface area contributed by atoms with Gasteiger partial charge in [0.1, 0.15) is 11.8 Å². The van der Waals surface area contributed by atoms with E-state index in [4.69, 9.17) is 9.47 Å². The number of amides is 1. The maximum Gasteiger partial charge on any atom is 0.328 e. The first kappa shape index (κ1) is 14.8. The van der Waals surface area contributed by atoms with E-state index in [0.29, 0.717) is 28.8 Å². The SMILES string of the molecule is COC(=O)C1CCCN1C(=O)c1ccc(OC)c(Br)c1. The van der Waals surface area contributed by atoms with Crippen LogP contribution < -0.4 is 4.74 Å². The molecule has 0 aliphatic carbocycles. The molecule has 0 aromatic heterocycles. The van der Waals surface area contributed by atoms with E-state index in [1.807, 2.05) is 0 Å². The molecule has 2 rings (SSSR count). The average molecular weight is 342 g/mol. The van der Waals surface area contributed by atoms with Crippen LogP contribution in [0.25, 0.3) is 0 Å². The van der Waals surface area contributed by atoms with Crippen molar-refractivity contribution in [3.8, 4) is 5.75 Å². The van der Waals surface area contributed by atoms with Gasteiger partial charge in [-0.2, -0.15) is 0 Å². The zero-order chi connectivity index (χ0) is 14.7. The van der Waals surface area contributed by atoms with Crippen LogP contribution in [0.1, 0.15) is 23.2 Å². The van der Waals surface area contributed by atoms with E-state index in [1.165, 1.54) is 7.11 Å². The Labute approximate surface area is 126 Å². The highest BCUT2D eigenvalue weighted by molar-refractivity contribution is 9.10. The molecule has 1 atom stereocenters. The fourth-order valence-electron chi connectivity index (χ4n) is 2.36. The van der Waals surface area contributed by atoms with Gasteiger partial charge >= 0.3 is 5.97 Å². The van der Waals surface area contributed by atoms with Crippen LogP contribution in [0.15, 0.2) is 22.7 Å². The standard InChI is InChI=1S/C14H16BrNO4/c1-19-12-6-5-9(8-10(12)15)13(17)16-7-3-4-11(16)14(18)20-2/h5-6,8,11H,3-4,7H2,1-2H3. The fourth-order valence-corrected chi connectivity index (χ4v) is 2.90. The molecular formula is C14H16BrNO4. The Morgan fingerprint density at radius 1 is 1.35 bits per heavy atom. The van der Waals surface area contributed by atoms with Crippen molar-refractivity contribution in [2.45, 2.75) is 18.9 Å². The summed E-state index contributed by atoms with van der Waals surface area (Å²) in [5.41, 5.74) is 0.522. The second-order valence-corrected chi connectivity index (χ2v) is 5.38. The van der Waals surface area contributed by atoms with Crippen molar-refractivity contribution in [1.82, 2.24) is 4.90 Å². The molecule has 0 bridgehead atoms. The van der Waals surface area contributed by atoms with Gasteiger partial charge in [-0.25, -0.2) is 4.79 Å². The molecule has 5 nitrogen and oxygen atoms in total.